The minimum Gasteiger partial charge on any atom is -0.383 e. The molecule has 2 aromatic rings. The Morgan fingerprint density at radius 2 is 1.96 bits per heavy atom. The minimum atomic E-state index is -4.47. The predicted octanol–water partition coefficient (Wildman–Crippen LogP) is 2.62. The molecule has 10 heteroatoms. The zero-order valence-corrected chi connectivity index (χ0v) is 15.1. The number of fused-ring (bicyclic) bond motifs is 1. The number of alkyl halides is 3. The van der Waals surface area contributed by atoms with Crippen molar-refractivity contribution in [2.24, 2.45) is 0 Å². The number of nitrogens with zero attached hydrogens (tertiary/aromatic N) is 3. The highest BCUT2D eigenvalue weighted by Gasteiger charge is 2.38. The van der Waals surface area contributed by atoms with Gasteiger partial charge in [0.15, 0.2) is 0 Å². The highest BCUT2D eigenvalue weighted by atomic mass is 19.4. The molecular formula is C18H20F3N5O2. The molecule has 0 radical (unpaired) electrons. The van der Waals surface area contributed by atoms with E-state index >= 15 is 0 Å². The van der Waals surface area contributed by atoms with Crippen molar-refractivity contribution in [2.75, 3.05) is 23.3 Å². The molecule has 2 atom stereocenters. The maximum atomic E-state index is 12.9. The van der Waals surface area contributed by atoms with Crippen molar-refractivity contribution in [3.63, 3.8) is 0 Å². The summed E-state index contributed by atoms with van der Waals surface area (Å²) in [7, 11) is 0. The molecule has 150 valence electrons. The summed E-state index contributed by atoms with van der Waals surface area (Å²) in [6, 6.07) is 3.92. The number of anilines is 2. The van der Waals surface area contributed by atoms with Crippen LogP contribution in [0.25, 0.3) is 0 Å². The van der Waals surface area contributed by atoms with Crippen molar-refractivity contribution in [1.82, 2.24) is 15.2 Å². The lowest BCUT2D eigenvalue weighted by Crippen LogP contribution is -2.38. The molecule has 7 nitrogen and oxygen atoms in total. The lowest BCUT2D eigenvalue weighted by molar-refractivity contribution is -0.141. The van der Waals surface area contributed by atoms with Gasteiger partial charge >= 0.3 is 6.18 Å². The number of pyridine rings is 1. The van der Waals surface area contributed by atoms with Crippen molar-refractivity contribution >= 4 is 17.5 Å². The third-order valence-corrected chi connectivity index (χ3v) is 5.51. The first kappa shape index (κ1) is 18.7. The van der Waals surface area contributed by atoms with Crippen LogP contribution in [-0.4, -0.2) is 45.4 Å². The number of aromatic amines is 1. The zero-order valence-electron chi connectivity index (χ0n) is 15.1. The third-order valence-electron chi connectivity index (χ3n) is 5.51. The van der Waals surface area contributed by atoms with Crippen LogP contribution in [0.15, 0.2) is 18.2 Å². The number of H-pyrrole nitrogens is 1. The van der Waals surface area contributed by atoms with E-state index in [1.165, 1.54) is 6.07 Å². The van der Waals surface area contributed by atoms with Crippen molar-refractivity contribution in [2.45, 2.75) is 43.9 Å². The van der Waals surface area contributed by atoms with E-state index in [0.29, 0.717) is 37.6 Å². The normalized spacial score (nSPS) is 23.5. The van der Waals surface area contributed by atoms with Crippen LogP contribution in [0.1, 0.15) is 48.6 Å². The van der Waals surface area contributed by atoms with Crippen LogP contribution < -0.4 is 10.2 Å². The summed E-state index contributed by atoms with van der Waals surface area (Å²) in [4.78, 5) is 17.3. The Morgan fingerprint density at radius 3 is 2.64 bits per heavy atom. The van der Waals surface area contributed by atoms with Crippen LogP contribution in [0.4, 0.5) is 24.8 Å². The molecule has 4 rings (SSSR count). The fourth-order valence-electron chi connectivity index (χ4n) is 3.95. The Kier molecular flexibility index (Phi) is 4.53. The molecule has 0 spiro atoms. The molecule has 2 aromatic heterocycles. The van der Waals surface area contributed by atoms with Gasteiger partial charge in [0.2, 0.25) is 0 Å². The Balaban J connectivity index is 1.50. The van der Waals surface area contributed by atoms with E-state index < -0.39 is 23.9 Å². The van der Waals surface area contributed by atoms with Gasteiger partial charge in [-0.3, -0.25) is 9.89 Å². The van der Waals surface area contributed by atoms with Gasteiger partial charge in [-0.15, -0.1) is 0 Å². The van der Waals surface area contributed by atoms with Crippen LogP contribution in [0, 0.1) is 0 Å². The number of aromatic nitrogens is 3. The van der Waals surface area contributed by atoms with Crippen LogP contribution in [0.5, 0.6) is 0 Å². The lowest BCUT2D eigenvalue weighted by Gasteiger charge is -2.33. The predicted molar refractivity (Wildman–Crippen MR) is 95.1 cm³/mol. The van der Waals surface area contributed by atoms with Crippen molar-refractivity contribution < 1.29 is 23.1 Å². The first-order valence-corrected chi connectivity index (χ1v) is 9.12. The van der Waals surface area contributed by atoms with Gasteiger partial charge in [0.05, 0.1) is 5.69 Å². The highest BCUT2D eigenvalue weighted by molar-refractivity contribution is 5.97. The summed E-state index contributed by atoms with van der Waals surface area (Å²) in [6.45, 7) is 2.87. The number of aliphatic hydroxyl groups is 1. The standard InChI is InChI=1S/C18H20F3N5O2/c1-9-13-14(24-25-16(13)23-17(28)15(9)27)10-5-7-26(8-6-10)12-4-2-3-11(22-12)18(19,20)21/h2-4,9-10,15,27H,5-8H2,1H3,(H2,23,24,25,28)/t9-,15-/m0/s1. The molecule has 0 aliphatic carbocycles. The topological polar surface area (TPSA) is 94.1 Å². The van der Waals surface area contributed by atoms with Crippen LogP contribution in [0.2, 0.25) is 0 Å². The van der Waals surface area contributed by atoms with Gasteiger partial charge in [-0.05, 0) is 25.0 Å². The van der Waals surface area contributed by atoms with E-state index in [4.69, 9.17) is 0 Å². The van der Waals surface area contributed by atoms with Gasteiger partial charge in [0.25, 0.3) is 5.91 Å². The average molecular weight is 395 g/mol. The first-order chi connectivity index (χ1) is 13.3. The maximum Gasteiger partial charge on any atom is 0.433 e. The fourth-order valence-corrected chi connectivity index (χ4v) is 3.95. The Bertz CT molecular complexity index is 890. The van der Waals surface area contributed by atoms with Crippen LogP contribution >= 0.6 is 0 Å². The number of rotatable bonds is 2. The summed E-state index contributed by atoms with van der Waals surface area (Å²) >= 11 is 0. The summed E-state index contributed by atoms with van der Waals surface area (Å²) in [5, 5.41) is 19.9. The summed E-state index contributed by atoms with van der Waals surface area (Å²) in [6.07, 6.45) is -4.22. The zero-order chi connectivity index (χ0) is 20.1. The van der Waals surface area contributed by atoms with E-state index in [-0.39, 0.29) is 11.8 Å². The smallest absolute Gasteiger partial charge is 0.383 e. The Labute approximate surface area is 159 Å². The molecule has 1 amide bonds. The molecule has 1 fully saturated rings. The second-order valence-electron chi connectivity index (χ2n) is 7.26. The molecule has 0 aromatic carbocycles. The number of nitrogens with one attached hydrogen (secondary N) is 2. The first-order valence-electron chi connectivity index (χ1n) is 9.12. The van der Waals surface area contributed by atoms with Crippen molar-refractivity contribution in [1.29, 1.82) is 0 Å². The molecule has 28 heavy (non-hydrogen) atoms. The number of halogens is 3. The monoisotopic (exact) mass is 395 g/mol. The molecule has 3 N–H and O–H groups in total. The average Bonchev–Trinajstić information content (AvgIpc) is 3.09. The molecule has 2 aliphatic heterocycles. The van der Waals surface area contributed by atoms with E-state index in [2.05, 4.69) is 20.5 Å². The van der Waals surface area contributed by atoms with Gasteiger partial charge in [0, 0.05) is 30.5 Å². The fraction of sp³-hybridized carbons (Fsp3) is 0.500. The number of carbonyl (C=O) groups excluding carboxylic acids is 1. The molecule has 0 saturated carbocycles. The van der Waals surface area contributed by atoms with Crippen LogP contribution in [0.3, 0.4) is 0 Å². The molecule has 4 heterocycles. The van der Waals surface area contributed by atoms with Crippen molar-refractivity contribution in [3.8, 4) is 0 Å². The quantitative estimate of drug-likeness (QED) is 0.727. The van der Waals surface area contributed by atoms with Crippen LogP contribution in [-0.2, 0) is 11.0 Å². The van der Waals surface area contributed by atoms with E-state index in [9.17, 15) is 23.1 Å². The largest absolute Gasteiger partial charge is 0.433 e. The Morgan fingerprint density at radius 1 is 1.25 bits per heavy atom. The second-order valence-corrected chi connectivity index (χ2v) is 7.26. The Hall–Kier alpha value is -2.62. The minimum absolute atomic E-state index is 0.0895. The lowest BCUT2D eigenvalue weighted by atomic mass is 9.84. The molecule has 0 unspecified atom stereocenters. The highest BCUT2D eigenvalue weighted by Crippen LogP contribution is 2.40. The van der Waals surface area contributed by atoms with Gasteiger partial charge in [0.1, 0.15) is 23.4 Å². The van der Waals surface area contributed by atoms with Crippen molar-refractivity contribution in [3.05, 3.63) is 35.2 Å². The maximum absolute atomic E-state index is 12.9. The van der Waals surface area contributed by atoms with E-state index in [1.54, 1.807) is 13.0 Å². The number of amides is 1. The summed E-state index contributed by atoms with van der Waals surface area (Å²) in [5.41, 5.74) is 0.716. The van der Waals surface area contributed by atoms with Gasteiger partial charge < -0.3 is 15.3 Å². The van der Waals surface area contributed by atoms with Gasteiger partial charge in [-0.2, -0.15) is 18.3 Å². The summed E-state index contributed by atoms with van der Waals surface area (Å²) < 4.78 is 38.7. The number of hydrogen-bond donors (Lipinski definition) is 3. The number of carbonyl (C=O) groups is 1. The third kappa shape index (κ3) is 3.21. The van der Waals surface area contributed by atoms with E-state index in [0.717, 1.165) is 17.3 Å². The molecule has 1 saturated heterocycles. The van der Waals surface area contributed by atoms with Gasteiger partial charge in [-0.25, -0.2) is 4.98 Å². The summed E-state index contributed by atoms with van der Waals surface area (Å²) in [5.74, 6) is 0.0844. The number of hydrogen-bond acceptors (Lipinski definition) is 5. The molecule has 2 aliphatic rings. The SMILES string of the molecule is C[C@H]1c2c(C3CCN(c4cccc(C(F)(F)F)n4)CC3)n[nH]c2NC(=O)[C@H]1O. The molecular weight excluding hydrogens is 375 g/mol. The number of aliphatic hydroxyl groups excluding tert-OH is 1. The van der Waals surface area contributed by atoms with E-state index in [1.807, 2.05) is 4.90 Å². The second kappa shape index (κ2) is 6.77. The number of piperidine rings is 1. The molecule has 0 bridgehead atoms. The van der Waals surface area contributed by atoms with Gasteiger partial charge in [-0.1, -0.05) is 13.0 Å².